The van der Waals surface area contributed by atoms with E-state index in [1.54, 1.807) is 23.9 Å². The molecule has 1 N–H and O–H groups in total. The third kappa shape index (κ3) is 5.87. The SMILES string of the molecule is CCNC(CCSC)Cc1ccc(C(F)(F)F)cc1. The first kappa shape index (κ1) is 16.4. The van der Waals surface area contributed by atoms with E-state index in [4.69, 9.17) is 0 Å². The number of alkyl halides is 3. The van der Waals surface area contributed by atoms with Crippen LogP contribution in [0, 0.1) is 0 Å². The summed E-state index contributed by atoms with van der Waals surface area (Å²) in [7, 11) is 0. The van der Waals surface area contributed by atoms with E-state index in [1.807, 2.05) is 6.92 Å². The first-order chi connectivity index (χ1) is 8.97. The molecule has 0 saturated carbocycles. The van der Waals surface area contributed by atoms with Gasteiger partial charge in [0.1, 0.15) is 0 Å². The zero-order valence-electron chi connectivity index (χ0n) is 11.3. The molecule has 0 aliphatic heterocycles. The number of hydrogen-bond donors (Lipinski definition) is 1. The summed E-state index contributed by atoms with van der Waals surface area (Å²) in [6.45, 7) is 2.92. The van der Waals surface area contributed by atoms with E-state index in [0.29, 0.717) is 6.04 Å². The summed E-state index contributed by atoms with van der Waals surface area (Å²) in [6.07, 6.45) is -0.401. The average molecular weight is 291 g/mol. The molecule has 1 rings (SSSR count). The predicted molar refractivity (Wildman–Crippen MR) is 75.6 cm³/mol. The maximum absolute atomic E-state index is 12.5. The zero-order valence-corrected chi connectivity index (χ0v) is 12.1. The molecule has 0 aliphatic carbocycles. The molecule has 0 aromatic heterocycles. The lowest BCUT2D eigenvalue weighted by Gasteiger charge is -2.17. The van der Waals surface area contributed by atoms with Crippen molar-refractivity contribution in [1.82, 2.24) is 5.32 Å². The van der Waals surface area contributed by atoms with Crippen LogP contribution < -0.4 is 5.32 Å². The summed E-state index contributed by atoms with van der Waals surface area (Å²) < 4.78 is 37.4. The molecular weight excluding hydrogens is 271 g/mol. The predicted octanol–water partition coefficient (Wildman–Crippen LogP) is 3.98. The minimum atomic E-state index is -4.25. The first-order valence-corrected chi connectivity index (χ1v) is 7.75. The second-order valence-corrected chi connectivity index (χ2v) is 5.42. The molecule has 19 heavy (non-hydrogen) atoms. The van der Waals surface area contributed by atoms with Crippen molar-refractivity contribution in [3.05, 3.63) is 35.4 Å². The Morgan fingerprint density at radius 1 is 1.21 bits per heavy atom. The smallest absolute Gasteiger partial charge is 0.314 e. The van der Waals surface area contributed by atoms with Crippen LogP contribution in [0.25, 0.3) is 0 Å². The van der Waals surface area contributed by atoms with Crippen molar-refractivity contribution < 1.29 is 13.2 Å². The normalized spacial score (nSPS) is 13.5. The van der Waals surface area contributed by atoms with Gasteiger partial charge in [-0.1, -0.05) is 19.1 Å². The molecular formula is C14H20F3NS. The summed E-state index contributed by atoms with van der Waals surface area (Å²) in [5, 5.41) is 3.38. The third-order valence-corrected chi connectivity index (χ3v) is 3.57. The van der Waals surface area contributed by atoms with Crippen molar-refractivity contribution in [2.45, 2.75) is 32.0 Å². The summed E-state index contributed by atoms with van der Waals surface area (Å²) in [4.78, 5) is 0. The van der Waals surface area contributed by atoms with Gasteiger partial charge in [0.25, 0.3) is 0 Å². The van der Waals surface area contributed by atoms with Gasteiger partial charge in [0, 0.05) is 6.04 Å². The molecule has 5 heteroatoms. The lowest BCUT2D eigenvalue weighted by Crippen LogP contribution is -2.31. The summed E-state index contributed by atoms with van der Waals surface area (Å²) in [5.74, 6) is 1.05. The number of hydrogen-bond acceptors (Lipinski definition) is 2. The van der Waals surface area contributed by atoms with Gasteiger partial charge < -0.3 is 5.32 Å². The molecule has 1 unspecified atom stereocenters. The first-order valence-electron chi connectivity index (χ1n) is 6.35. The van der Waals surface area contributed by atoms with Crippen LogP contribution in [-0.2, 0) is 12.6 Å². The van der Waals surface area contributed by atoms with Crippen molar-refractivity contribution in [1.29, 1.82) is 0 Å². The van der Waals surface area contributed by atoms with E-state index >= 15 is 0 Å². The molecule has 0 aliphatic rings. The largest absolute Gasteiger partial charge is 0.416 e. The van der Waals surface area contributed by atoms with E-state index in [9.17, 15) is 13.2 Å². The topological polar surface area (TPSA) is 12.0 Å². The fourth-order valence-corrected chi connectivity index (χ4v) is 2.46. The molecule has 1 aromatic carbocycles. The summed E-state index contributed by atoms with van der Waals surface area (Å²) >= 11 is 1.78. The Hall–Kier alpha value is -0.680. The van der Waals surface area contributed by atoms with Crippen molar-refractivity contribution in [2.24, 2.45) is 0 Å². The molecule has 1 aromatic rings. The highest BCUT2D eigenvalue weighted by atomic mass is 32.2. The monoisotopic (exact) mass is 291 g/mol. The number of rotatable bonds is 7. The Labute approximate surface area is 117 Å². The van der Waals surface area contributed by atoms with Crippen molar-refractivity contribution in [2.75, 3.05) is 18.6 Å². The Morgan fingerprint density at radius 3 is 2.32 bits per heavy atom. The molecule has 1 atom stereocenters. The third-order valence-electron chi connectivity index (χ3n) is 2.93. The molecule has 0 heterocycles. The van der Waals surface area contributed by atoms with Gasteiger partial charge in [-0.2, -0.15) is 24.9 Å². The van der Waals surface area contributed by atoms with Crippen molar-refractivity contribution in [3.8, 4) is 0 Å². The van der Waals surface area contributed by atoms with Crippen LogP contribution in [0.1, 0.15) is 24.5 Å². The van der Waals surface area contributed by atoms with Gasteiger partial charge in [-0.25, -0.2) is 0 Å². The van der Waals surface area contributed by atoms with E-state index in [-0.39, 0.29) is 0 Å². The fourth-order valence-electron chi connectivity index (χ4n) is 1.94. The molecule has 0 spiro atoms. The number of benzene rings is 1. The van der Waals surface area contributed by atoms with Gasteiger partial charge in [0.05, 0.1) is 5.56 Å². The van der Waals surface area contributed by atoms with Crippen LogP contribution in [0.3, 0.4) is 0 Å². The minimum absolute atomic E-state index is 0.328. The van der Waals surface area contributed by atoms with E-state index < -0.39 is 11.7 Å². The van der Waals surface area contributed by atoms with Crippen LogP contribution in [0.5, 0.6) is 0 Å². The van der Waals surface area contributed by atoms with Gasteiger partial charge in [0.2, 0.25) is 0 Å². The Balaban J connectivity index is 2.64. The molecule has 108 valence electrons. The van der Waals surface area contributed by atoms with E-state index in [1.165, 1.54) is 0 Å². The van der Waals surface area contributed by atoms with Crippen LogP contribution in [0.15, 0.2) is 24.3 Å². The van der Waals surface area contributed by atoms with E-state index in [0.717, 1.165) is 42.8 Å². The fraction of sp³-hybridized carbons (Fsp3) is 0.571. The quantitative estimate of drug-likeness (QED) is 0.815. The highest BCUT2D eigenvalue weighted by Gasteiger charge is 2.29. The maximum atomic E-state index is 12.5. The lowest BCUT2D eigenvalue weighted by molar-refractivity contribution is -0.137. The number of halogens is 3. The van der Waals surface area contributed by atoms with Gasteiger partial charge in [-0.15, -0.1) is 0 Å². The Bertz CT molecular complexity index is 362. The van der Waals surface area contributed by atoms with E-state index in [2.05, 4.69) is 11.6 Å². The summed E-state index contributed by atoms with van der Waals surface area (Å²) in [5.41, 5.74) is 0.361. The summed E-state index contributed by atoms with van der Waals surface area (Å²) in [6, 6.07) is 5.80. The van der Waals surface area contributed by atoms with Crippen LogP contribution >= 0.6 is 11.8 Å². The standard InChI is InChI=1S/C14H20F3NS/c1-3-18-13(8-9-19-2)10-11-4-6-12(7-5-11)14(15,16)17/h4-7,13,18H,3,8-10H2,1-2H3. The molecule has 0 radical (unpaired) electrons. The molecule has 0 bridgehead atoms. The van der Waals surface area contributed by atoms with Crippen LogP contribution in [-0.4, -0.2) is 24.6 Å². The molecule has 0 amide bonds. The van der Waals surface area contributed by atoms with Gasteiger partial charge in [-0.05, 0) is 49.1 Å². The van der Waals surface area contributed by atoms with Gasteiger partial charge in [-0.3, -0.25) is 0 Å². The molecule has 0 saturated heterocycles. The molecule has 0 fully saturated rings. The van der Waals surface area contributed by atoms with Crippen molar-refractivity contribution in [3.63, 3.8) is 0 Å². The lowest BCUT2D eigenvalue weighted by atomic mass is 10.0. The number of likely N-dealkylation sites (N-methyl/N-ethyl adjacent to an activating group) is 1. The Kier molecular flexibility index (Phi) is 6.72. The van der Waals surface area contributed by atoms with Crippen molar-refractivity contribution >= 4 is 11.8 Å². The van der Waals surface area contributed by atoms with Gasteiger partial charge >= 0.3 is 6.18 Å². The Morgan fingerprint density at radius 2 is 1.84 bits per heavy atom. The van der Waals surface area contributed by atoms with Crippen LogP contribution in [0.2, 0.25) is 0 Å². The zero-order chi connectivity index (χ0) is 14.3. The van der Waals surface area contributed by atoms with Gasteiger partial charge in [0.15, 0.2) is 0 Å². The highest BCUT2D eigenvalue weighted by Crippen LogP contribution is 2.29. The highest BCUT2D eigenvalue weighted by molar-refractivity contribution is 7.98. The number of thioether (sulfide) groups is 1. The minimum Gasteiger partial charge on any atom is -0.314 e. The second kappa shape index (κ2) is 7.80. The number of nitrogens with one attached hydrogen (secondary N) is 1. The molecule has 1 nitrogen and oxygen atoms in total. The maximum Gasteiger partial charge on any atom is 0.416 e. The average Bonchev–Trinajstić information content (AvgIpc) is 2.36. The second-order valence-electron chi connectivity index (χ2n) is 4.43. The van der Waals surface area contributed by atoms with Crippen LogP contribution in [0.4, 0.5) is 13.2 Å².